The van der Waals surface area contributed by atoms with Crippen molar-refractivity contribution in [2.24, 2.45) is 5.92 Å². The molecule has 0 unspecified atom stereocenters. The van der Waals surface area contributed by atoms with Gasteiger partial charge in [0, 0.05) is 25.4 Å². The molecule has 2 aromatic heterocycles. The second-order valence-corrected chi connectivity index (χ2v) is 6.10. The van der Waals surface area contributed by atoms with E-state index in [4.69, 9.17) is 5.11 Å². The molecule has 23 heavy (non-hydrogen) atoms. The highest BCUT2D eigenvalue weighted by molar-refractivity contribution is 5.95. The van der Waals surface area contributed by atoms with Crippen LogP contribution in [0.15, 0.2) is 12.3 Å². The Morgan fingerprint density at radius 3 is 2.65 bits per heavy atom. The topological polar surface area (TPSA) is 87.8 Å². The molecule has 0 radical (unpaired) electrons. The summed E-state index contributed by atoms with van der Waals surface area (Å²) in [7, 11) is 0. The number of fused-ring (bicyclic) bond motifs is 1. The number of aliphatic carboxylic acids is 1. The van der Waals surface area contributed by atoms with Gasteiger partial charge < -0.3 is 10.0 Å². The molecule has 0 spiro atoms. The number of aromatic nitrogens is 3. The summed E-state index contributed by atoms with van der Waals surface area (Å²) in [4.78, 5) is 29.5. The smallest absolute Gasteiger partial charge is 0.305 e. The third kappa shape index (κ3) is 3.85. The normalized spacial score (nSPS) is 11.2. The van der Waals surface area contributed by atoms with Gasteiger partial charge in [0.25, 0.3) is 5.91 Å². The molecular weight excluding hydrogens is 296 g/mol. The fourth-order valence-electron chi connectivity index (χ4n) is 2.49. The van der Waals surface area contributed by atoms with Crippen molar-refractivity contribution in [3.05, 3.63) is 29.2 Å². The average molecular weight is 318 g/mol. The van der Waals surface area contributed by atoms with E-state index in [0.29, 0.717) is 23.4 Å². The third-order valence-corrected chi connectivity index (χ3v) is 3.54. The predicted molar refractivity (Wildman–Crippen MR) is 85.5 cm³/mol. The van der Waals surface area contributed by atoms with Crippen LogP contribution in [0.5, 0.6) is 0 Å². The Balaban J connectivity index is 2.34. The largest absolute Gasteiger partial charge is 0.481 e. The van der Waals surface area contributed by atoms with Crippen molar-refractivity contribution in [1.82, 2.24) is 19.5 Å². The summed E-state index contributed by atoms with van der Waals surface area (Å²) >= 11 is 0. The fraction of sp³-hybridized carbons (Fsp3) is 0.500. The first-order valence-electron chi connectivity index (χ1n) is 7.62. The summed E-state index contributed by atoms with van der Waals surface area (Å²) in [5.41, 5.74) is 2.68. The van der Waals surface area contributed by atoms with Gasteiger partial charge in [-0.2, -0.15) is 5.10 Å². The van der Waals surface area contributed by atoms with E-state index in [-0.39, 0.29) is 24.8 Å². The van der Waals surface area contributed by atoms with Crippen LogP contribution in [0.4, 0.5) is 0 Å². The molecule has 0 aromatic carbocycles. The predicted octanol–water partition coefficient (Wildman–Crippen LogP) is 1.92. The van der Waals surface area contributed by atoms with Gasteiger partial charge in [-0.05, 0) is 19.8 Å². The first-order chi connectivity index (χ1) is 10.8. The molecule has 1 amide bonds. The number of carboxylic acid groups (broad SMARTS) is 1. The Morgan fingerprint density at radius 1 is 1.35 bits per heavy atom. The molecule has 1 N–H and O–H groups in total. The van der Waals surface area contributed by atoms with Gasteiger partial charge in [-0.15, -0.1) is 0 Å². The summed E-state index contributed by atoms with van der Waals surface area (Å²) < 4.78 is 1.65. The molecular formula is C16H22N4O3. The number of hydrogen-bond donors (Lipinski definition) is 1. The lowest BCUT2D eigenvalue weighted by Gasteiger charge is -2.24. The monoisotopic (exact) mass is 318 g/mol. The summed E-state index contributed by atoms with van der Waals surface area (Å²) in [5, 5.41) is 13.2. The van der Waals surface area contributed by atoms with Gasteiger partial charge in [0.15, 0.2) is 5.65 Å². The van der Waals surface area contributed by atoms with Crippen molar-refractivity contribution >= 4 is 17.5 Å². The standard InChI is InChI=1S/C16H22N4O3/c1-10(2)9-19(6-5-15(21)22)16(23)13-8-17-14-7-11(3)18-20(14)12(13)4/h7-8,10H,5-6,9H2,1-4H3,(H,21,22). The Kier molecular flexibility index (Phi) is 4.98. The van der Waals surface area contributed by atoms with Crippen LogP contribution in [0.25, 0.3) is 5.65 Å². The van der Waals surface area contributed by atoms with Crippen molar-refractivity contribution in [3.8, 4) is 0 Å². The molecule has 2 rings (SSSR count). The highest BCUT2D eigenvalue weighted by Gasteiger charge is 2.21. The second-order valence-electron chi connectivity index (χ2n) is 6.10. The maximum Gasteiger partial charge on any atom is 0.305 e. The van der Waals surface area contributed by atoms with E-state index in [0.717, 1.165) is 5.69 Å². The average Bonchev–Trinajstić information content (AvgIpc) is 2.84. The number of nitrogens with zero attached hydrogens (tertiary/aromatic N) is 4. The Hall–Kier alpha value is -2.44. The van der Waals surface area contributed by atoms with Crippen molar-refractivity contribution < 1.29 is 14.7 Å². The molecule has 7 nitrogen and oxygen atoms in total. The second kappa shape index (κ2) is 6.76. The summed E-state index contributed by atoms with van der Waals surface area (Å²) in [5.74, 6) is -0.878. The highest BCUT2D eigenvalue weighted by Crippen LogP contribution is 2.14. The van der Waals surface area contributed by atoms with E-state index in [1.54, 1.807) is 15.6 Å². The highest BCUT2D eigenvalue weighted by atomic mass is 16.4. The van der Waals surface area contributed by atoms with E-state index >= 15 is 0 Å². The first-order valence-corrected chi connectivity index (χ1v) is 7.62. The van der Waals surface area contributed by atoms with Gasteiger partial charge in [0.2, 0.25) is 0 Å². The molecule has 0 aliphatic carbocycles. The number of amides is 1. The molecule has 0 aliphatic rings. The van der Waals surface area contributed by atoms with Crippen molar-refractivity contribution in [2.75, 3.05) is 13.1 Å². The van der Waals surface area contributed by atoms with Crippen LogP contribution in [0.1, 0.15) is 42.0 Å². The summed E-state index contributed by atoms with van der Waals surface area (Å²) in [6.07, 6.45) is 1.47. The third-order valence-electron chi connectivity index (χ3n) is 3.54. The minimum Gasteiger partial charge on any atom is -0.481 e. The van der Waals surface area contributed by atoms with Crippen molar-refractivity contribution in [2.45, 2.75) is 34.1 Å². The van der Waals surface area contributed by atoms with Crippen LogP contribution in [-0.2, 0) is 4.79 Å². The van der Waals surface area contributed by atoms with Gasteiger partial charge in [-0.1, -0.05) is 13.8 Å². The van der Waals surface area contributed by atoms with Crippen LogP contribution in [0, 0.1) is 19.8 Å². The zero-order chi connectivity index (χ0) is 17.1. The Morgan fingerprint density at radius 2 is 2.04 bits per heavy atom. The minimum atomic E-state index is -0.917. The van der Waals surface area contributed by atoms with E-state index in [1.807, 2.05) is 33.8 Å². The van der Waals surface area contributed by atoms with Crippen LogP contribution in [0.3, 0.4) is 0 Å². The fourth-order valence-corrected chi connectivity index (χ4v) is 2.49. The molecule has 0 bridgehead atoms. The van der Waals surface area contributed by atoms with Crippen molar-refractivity contribution in [1.29, 1.82) is 0 Å². The van der Waals surface area contributed by atoms with Gasteiger partial charge in [-0.3, -0.25) is 9.59 Å². The van der Waals surface area contributed by atoms with Gasteiger partial charge >= 0.3 is 5.97 Å². The lowest BCUT2D eigenvalue weighted by atomic mass is 10.1. The number of aryl methyl sites for hydroxylation is 2. The van der Waals surface area contributed by atoms with E-state index < -0.39 is 5.97 Å². The molecule has 2 heterocycles. The van der Waals surface area contributed by atoms with Crippen LogP contribution < -0.4 is 0 Å². The summed E-state index contributed by atoms with van der Waals surface area (Å²) in [6, 6.07) is 1.84. The lowest BCUT2D eigenvalue weighted by molar-refractivity contribution is -0.137. The molecule has 0 fully saturated rings. The maximum absolute atomic E-state index is 12.8. The van der Waals surface area contributed by atoms with Gasteiger partial charge in [-0.25, -0.2) is 9.50 Å². The Bertz CT molecular complexity index is 736. The quantitative estimate of drug-likeness (QED) is 0.879. The number of hydrogen-bond acceptors (Lipinski definition) is 4. The molecule has 0 saturated carbocycles. The minimum absolute atomic E-state index is 0.0753. The van der Waals surface area contributed by atoms with Crippen LogP contribution in [-0.4, -0.2) is 49.6 Å². The number of carbonyl (C=O) groups is 2. The molecule has 7 heteroatoms. The van der Waals surface area contributed by atoms with E-state index in [1.165, 1.54) is 0 Å². The molecule has 2 aromatic rings. The molecule has 0 saturated heterocycles. The SMILES string of the molecule is Cc1cc2ncc(C(=O)N(CCC(=O)O)CC(C)C)c(C)n2n1. The lowest BCUT2D eigenvalue weighted by Crippen LogP contribution is -2.36. The maximum atomic E-state index is 12.8. The summed E-state index contributed by atoms with van der Waals surface area (Å²) in [6.45, 7) is 8.36. The number of carboxylic acids is 1. The number of rotatable bonds is 6. The van der Waals surface area contributed by atoms with Crippen LogP contribution in [0.2, 0.25) is 0 Å². The van der Waals surface area contributed by atoms with Crippen molar-refractivity contribution in [3.63, 3.8) is 0 Å². The van der Waals surface area contributed by atoms with E-state index in [2.05, 4.69) is 10.1 Å². The van der Waals surface area contributed by atoms with E-state index in [9.17, 15) is 9.59 Å². The molecule has 0 atom stereocenters. The van der Waals surface area contributed by atoms with Gasteiger partial charge in [0.1, 0.15) is 0 Å². The number of carbonyl (C=O) groups excluding carboxylic acids is 1. The Labute approximate surface area is 134 Å². The molecule has 0 aliphatic heterocycles. The zero-order valence-electron chi connectivity index (χ0n) is 13.9. The first kappa shape index (κ1) is 16.9. The van der Waals surface area contributed by atoms with Gasteiger partial charge in [0.05, 0.1) is 23.4 Å². The molecule has 124 valence electrons. The zero-order valence-corrected chi connectivity index (χ0v) is 13.9. The van der Waals surface area contributed by atoms with Crippen LogP contribution >= 0.6 is 0 Å².